The highest BCUT2D eigenvalue weighted by atomic mass is 16.1. The standard InChI is InChI=1S/C18H22N4O/c1-12-4-6-14(7-5-12)22-10-8-13(11-22)17-20-15-3-2-9-19-18(23)16(15)21-17/h4-7,13H,2-3,8-11H2,1H3,(H,19,23)(H,20,21)/t13-/m1/s1. The highest BCUT2D eigenvalue weighted by Gasteiger charge is 2.29. The lowest BCUT2D eigenvalue weighted by Crippen LogP contribution is -2.23. The van der Waals surface area contributed by atoms with Crippen molar-refractivity contribution in [1.29, 1.82) is 0 Å². The van der Waals surface area contributed by atoms with Crippen LogP contribution in [-0.4, -0.2) is 35.5 Å². The average Bonchev–Trinajstić information content (AvgIpc) is 3.16. The van der Waals surface area contributed by atoms with Crippen LogP contribution in [0.2, 0.25) is 0 Å². The molecule has 2 N–H and O–H groups in total. The summed E-state index contributed by atoms with van der Waals surface area (Å²) in [6.45, 7) is 4.84. The van der Waals surface area contributed by atoms with Crippen LogP contribution in [-0.2, 0) is 6.42 Å². The first kappa shape index (κ1) is 14.3. The van der Waals surface area contributed by atoms with Gasteiger partial charge in [0.25, 0.3) is 5.91 Å². The number of aromatic amines is 1. The molecule has 2 aromatic rings. The first-order chi connectivity index (χ1) is 11.2. The number of carbonyl (C=O) groups is 1. The van der Waals surface area contributed by atoms with Crippen LogP contribution in [0.5, 0.6) is 0 Å². The zero-order chi connectivity index (χ0) is 15.8. The van der Waals surface area contributed by atoms with Crippen molar-refractivity contribution in [2.45, 2.75) is 32.1 Å². The van der Waals surface area contributed by atoms with E-state index in [-0.39, 0.29) is 5.91 Å². The summed E-state index contributed by atoms with van der Waals surface area (Å²) in [5, 5.41) is 2.91. The average molecular weight is 310 g/mol. The van der Waals surface area contributed by atoms with Crippen LogP contribution in [0.4, 0.5) is 5.69 Å². The Morgan fingerprint density at radius 1 is 1.26 bits per heavy atom. The molecule has 3 heterocycles. The number of benzene rings is 1. The molecule has 120 valence electrons. The molecule has 0 radical (unpaired) electrons. The molecule has 0 spiro atoms. The van der Waals surface area contributed by atoms with Crippen molar-refractivity contribution in [2.75, 3.05) is 24.5 Å². The molecule has 5 nitrogen and oxygen atoms in total. The van der Waals surface area contributed by atoms with Gasteiger partial charge in [-0.2, -0.15) is 0 Å². The van der Waals surface area contributed by atoms with Crippen LogP contribution in [0, 0.1) is 6.92 Å². The number of rotatable bonds is 2. The van der Waals surface area contributed by atoms with E-state index in [1.165, 1.54) is 11.3 Å². The molecule has 5 heteroatoms. The molecular formula is C18H22N4O. The maximum atomic E-state index is 12.0. The molecule has 0 bridgehead atoms. The zero-order valence-electron chi connectivity index (χ0n) is 13.4. The Bertz CT molecular complexity index is 719. The maximum Gasteiger partial charge on any atom is 0.271 e. The van der Waals surface area contributed by atoms with E-state index in [9.17, 15) is 4.79 Å². The molecule has 2 aliphatic rings. The molecule has 0 saturated carbocycles. The van der Waals surface area contributed by atoms with Gasteiger partial charge in [0.05, 0.1) is 0 Å². The van der Waals surface area contributed by atoms with Crippen molar-refractivity contribution in [1.82, 2.24) is 15.3 Å². The molecule has 0 aliphatic carbocycles. The zero-order valence-corrected chi connectivity index (χ0v) is 13.4. The van der Waals surface area contributed by atoms with Crippen LogP contribution in [0.3, 0.4) is 0 Å². The normalized spacial score (nSPS) is 21.0. The van der Waals surface area contributed by atoms with E-state index in [1.807, 2.05) is 0 Å². The highest BCUT2D eigenvalue weighted by molar-refractivity contribution is 5.93. The first-order valence-corrected chi connectivity index (χ1v) is 8.39. The molecule has 1 amide bonds. The molecular weight excluding hydrogens is 288 g/mol. The third-order valence-corrected chi connectivity index (χ3v) is 4.88. The largest absolute Gasteiger partial charge is 0.371 e. The Kier molecular flexibility index (Phi) is 3.56. The summed E-state index contributed by atoms with van der Waals surface area (Å²) in [5.41, 5.74) is 4.16. The van der Waals surface area contributed by atoms with E-state index in [1.54, 1.807) is 0 Å². The van der Waals surface area contributed by atoms with Gasteiger partial charge in [-0.05, 0) is 38.3 Å². The number of nitrogens with zero attached hydrogens (tertiary/aromatic N) is 2. The van der Waals surface area contributed by atoms with Gasteiger partial charge in [0.1, 0.15) is 11.5 Å². The summed E-state index contributed by atoms with van der Waals surface area (Å²) in [6, 6.07) is 8.68. The van der Waals surface area contributed by atoms with Gasteiger partial charge >= 0.3 is 0 Å². The predicted octanol–water partition coefficient (Wildman–Crippen LogP) is 2.39. The maximum absolute atomic E-state index is 12.0. The van der Waals surface area contributed by atoms with Gasteiger partial charge < -0.3 is 15.2 Å². The van der Waals surface area contributed by atoms with Crippen LogP contribution in [0.15, 0.2) is 24.3 Å². The van der Waals surface area contributed by atoms with Crippen molar-refractivity contribution < 1.29 is 4.79 Å². The number of imidazole rings is 1. The van der Waals surface area contributed by atoms with Gasteiger partial charge in [-0.1, -0.05) is 17.7 Å². The van der Waals surface area contributed by atoms with Gasteiger partial charge in [0.15, 0.2) is 0 Å². The minimum Gasteiger partial charge on any atom is -0.371 e. The van der Waals surface area contributed by atoms with Crippen molar-refractivity contribution in [3.63, 3.8) is 0 Å². The number of carbonyl (C=O) groups excluding carboxylic acids is 1. The van der Waals surface area contributed by atoms with E-state index in [4.69, 9.17) is 0 Å². The third kappa shape index (κ3) is 2.71. The number of fused-ring (bicyclic) bond motifs is 1. The summed E-state index contributed by atoms with van der Waals surface area (Å²) in [4.78, 5) is 22.5. The Labute approximate surface area is 136 Å². The number of nitrogens with one attached hydrogen (secondary N) is 2. The van der Waals surface area contributed by atoms with Crippen molar-refractivity contribution in [3.8, 4) is 0 Å². The van der Waals surface area contributed by atoms with Gasteiger partial charge in [0, 0.05) is 36.9 Å². The van der Waals surface area contributed by atoms with E-state index in [0.29, 0.717) is 11.6 Å². The second-order valence-electron chi connectivity index (χ2n) is 6.58. The molecule has 1 saturated heterocycles. The van der Waals surface area contributed by atoms with E-state index < -0.39 is 0 Å². The van der Waals surface area contributed by atoms with Gasteiger partial charge in [0.2, 0.25) is 0 Å². The Morgan fingerprint density at radius 2 is 2.09 bits per heavy atom. The summed E-state index contributed by atoms with van der Waals surface area (Å²) >= 11 is 0. The molecule has 1 aromatic heterocycles. The van der Waals surface area contributed by atoms with Crippen LogP contribution < -0.4 is 10.2 Å². The Hall–Kier alpha value is -2.30. The van der Waals surface area contributed by atoms with E-state index >= 15 is 0 Å². The number of aryl methyl sites for hydroxylation is 2. The molecule has 1 fully saturated rings. The smallest absolute Gasteiger partial charge is 0.271 e. The fourth-order valence-corrected chi connectivity index (χ4v) is 3.52. The summed E-state index contributed by atoms with van der Waals surface area (Å²) in [6.07, 6.45) is 2.94. The second-order valence-corrected chi connectivity index (χ2v) is 6.58. The lowest BCUT2D eigenvalue weighted by atomic mass is 10.1. The fraction of sp³-hybridized carbons (Fsp3) is 0.444. The van der Waals surface area contributed by atoms with E-state index in [0.717, 1.165) is 50.4 Å². The summed E-state index contributed by atoms with van der Waals surface area (Å²) in [5.74, 6) is 1.31. The van der Waals surface area contributed by atoms with Gasteiger partial charge in [-0.15, -0.1) is 0 Å². The number of anilines is 1. The monoisotopic (exact) mass is 310 g/mol. The molecule has 1 aromatic carbocycles. The summed E-state index contributed by atoms with van der Waals surface area (Å²) < 4.78 is 0. The topological polar surface area (TPSA) is 61.0 Å². The molecule has 23 heavy (non-hydrogen) atoms. The number of aromatic nitrogens is 2. The highest BCUT2D eigenvalue weighted by Crippen LogP contribution is 2.30. The quantitative estimate of drug-likeness (QED) is 0.895. The predicted molar refractivity (Wildman–Crippen MR) is 90.0 cm³/mol. The number of hydrogen-bond acceptors (Lipinski definition) is 3. The van der Waals surface area contributed by atoms with Crippen LogP contribution >= 0.6 is 0 Å². The van der Waals surface area contributed by atoms with Crippen molar-refractivity contribution in [2.24, 2.45) is 0 Å². The van der Waals surface area contributed by atoms with Crippen LogP contribution in [0.1, 0.15) is 46.3 Å². The Balaban J connectivity index is 1.53. The first-order valence-electron chi connectivity index (χ1n) is 8.39. The van der Waals surface area contributed by atoms with Crippen molar-refractivity contribution in [3.05, 3.63) is 47.0 Å². The van der Waals surface area contributed by atoms with Crippen molar-refractivity contribution >= 4 is 11.6 Å². The molecule has 0 unspecified atom stereocenters. The number of amides is 1. The summed E-state index contributed by atoms with van der Waals surface area (Å²) in [7, 11) is 0. The van der Waals surface area contributed by atoms with Crippen LogP contribution in [0.25, 0.3) is 0 Å². The molecule has 1 atom stereocenters. The third-order valence-electron chi connectivity index (χ3n) is 4.88. The molecule has 2 aliphatic heterocycles. The van der Waals surface area contributed by atoms with Gasteiger partial charge in [-0.3, -0.25) is 4.79 Å². The minimum atomic E-state index is -0.0339. The molecule has 4 rings (SSSR count). The Morgan fingerprint density at radius 3 is 2.91 bits per heavy atom. The van der Waals surface area contributed by atoms with E-state index in [2.05, 4.69) is 51.4 Å². The minimum absolute atomic E-state index is 0.0339. The number of hydrogen-bond donors (Lipinski definition) is 2. The fourth-order valence-electron chi connectivity index (χ4n) is 3.52. The second kappa shape index (κ2) is 5.72. The lowest BCUT2D eigenvalue weighted by Gasteiger charge is -2.18. The SMILES string of the molecule is Cc1ccc(N2CC[C@@H](c3nc4c([nH]3)CCCNC4=O)C2)cc1. The van der Waals surface area contributed by atoms with Gasteiger partial charge in [-0.25, -0.2) is 4.98 Å². The lowest BCUT2D eigenvalue weighted by molar-refractivity contribution is 0.0951. The number of H-pyrrole nitrogens is 1.